The number of hydrogen-bond acceptors (Lipinski definition) is 2. The van der Waals surface area contributed by atoms with E-state index in [4.69, 9.17) is 4.42 Å². The van der Waals surface area contributed by atoms with E-state index in [1.54, 1.807) is 0 Å². The van der Waals surface area contributed by atoms with Crippen LogP contribution in [0.4, 0.5) is 17.1 Å². The molecule has 2 heteroatoms. The summed E-state index contributed by atoms with van der Waals surface area (Å²) in [4.78, 5) is 2.32. The number of benzene rings is 9. The molecule has 0 unspecified atom stereocenters. The second-order valence-electron chi connectivity index (χ2n) is 12.9. The summed E-state index contributed by atoms with van der Waals surface area (Å²) in [6.07, 6.45) is 0. The van der Waals surface area contributed by atoms with Crippen molar-refractivity contribution in [2.45, 2.75) is 0 Å². The molecule has 0 bridgehead atoms. The summed E-state index contributed by atoms with van der Waals surface area (Å²) in [6.45, 7) is 0. The molecule has 1 heterocycles. The molecule has 234 valence electrons. The molecule has 0 aliphatic heterocycles. The van der Waals surface area contributed by atoms with Crippen molar-refractivity contribution < 1.29 is 4.42 Å². The van der Waals surface area contributed by atoms with E-state index in [0.717, 1.165) is 44.4 Å². The van der Waals surface area contributed by atoms with E-state index in [1.807, 2.05) is 0 Å². The van der Waals surface area contributed by atoms with E-state index in [-0.39, 0.29) is 0 Å². The lowest BCUT2D eigenvalue weighted by Crippen LogP contribution is -2.10. The van der Waals surface area contributed by atoms with Crippen LogP contribution in [-0.2, 0) is 0 Å². The second-order valence-corrected chi connectivity index (χ2v) is 12.9. The average molecular weight is 638 g/mol. The molecule has 10 aromatic rings. The maximum atomic E-state index is 6.85. The molecule has 9 aromatic carbocycles. The number of nitrogens with zero attached hydrogens (tertiary/aromatic N) is 1. The first-order valence-electron chi connectivity index (χ1n) is 17.1. The summed E-state index contributed by atoms with van der Waals surface area (Å²) in [5.41, 5.74) is 9.71. The van der Waals surface area contributed by atoms with Crippen LogP contribution < -0.4 is 4.90 Å². The van der Waals surface area contributed by atoms with Crippen LogP contribution in [0.2, 0.25) is 0 Å². The van der Waals surface area contributed by atoms with Gasteiger partial charge in [-0.25, -0.2) is 0 Å². The first-order chi connectivity index (χ1) is 24.8. The Morgan fingerprint density at radius 2 is 0.880 bits per heavy atom. The van der Waals surface area contributed by atoms with Gasteiger partial charge in [-0.2, -0.15) is 0 Å². The predicted molar refractivity (Wildman–Crippen MR) is 212 cm³/mol. The Morgan fingerprint density at radius 1 is 0.320 bits per heavy atom. The SMILES string of the molecule is c1ccc(-c2ccc(N(c3ccc(-c4cc5ccccc5c5ccccc45)cc3)c3cccc4c3oc3c5ccccc5ccc43)cc2)cc1. The molecule has 0 saturated heterocycles. The lowest BCUT2D eigenvalue weighted by Gasteiger charge is -2.26. The molecule has 50 heavy (non-hydrogen) atoms. The molecule has 0 fully saturated rings. The molecule has 1 aromatic heterocycles. The molecule has 0 spiro atoms. The quantitative estimate of drug-likeness (QED) is 0.175. The zero-order chi connectivity index (χ0) is 33.0. The van der Waals surface area contributed by atoms with Crippen molar-refractivity contribution in [1.29, 1.82) is 0 Å². The van der Waals surface area contributed by atoms with Gasteiger partial charge in [-0.3, -0.25) is 0 Å². The third-order valence-corrected chi connectivity index (χ3v) is 10.0. The maximum Gasteiger partial charge on any atom is 0.159 e. The van der Waals surface area contributed by atoms with Gasteiger partial charge in [-0.1, -0.05) is 146 Å². The fourth-order valence-corrected chi connectivity index (χ4v) is 7.63. The van der Waals surface area contributed by atoms with Gasteiger partial charge in [0.15, 0.2) is 5.58 Å². The number of rotatable bonds is 5. The van der Waals surface area contributed by atoms with E-state index in [0.29, 0.717) is 0 Å². The largest absolute Gasteiger partial charge is 0.453 e. The Kier molecular flexibility index (Phi) is 6.53. The fraction of sp³-hybridized carbons (Fsp3) is 0. The molecule has 2 nitrogen and oxygen atoms in total. The molecular weight excluding hydrogens is 607 g/mol. The number of hydrogen-bond donors (Lipinski definition) is 0. The zero-order valence-electron chi connectivity index (χ0n) is 27.3. The van der Waals surface area contributed by atoms with Crippen LogP contribution in [0.15, 0.2) is 192 Å². The first kappa shape index (κ1) is 28.4. The number of para-hydroxylation sites is 1. The Hall–Kier alpha value is -6.64. The highest BCUT2D eigenvalue weighted by molar-refractivity contribution is 6.18. The van der Waals surface area contributed by atoms with Gasteiger partial charge in [0.25, 0.3) is 0 Å². The summed E-state index contributed by atoms with van der Waals surface area (Å²) < 4.78 is 6.85. The average Bonchev–Trinajstić information content (AvgIpc) is 3.59. The van der Waals surface area contributed by atoms with Gasteiger partial charge in [0.1, 0.15) is 5.58 Å². The lowest BCUT2D eigenvalue weighted by molar-refractivity contribution is 0.673. The minimum Gasteiger partial charge on any atom is -0.453 e. The maximum absolute atomic E-state index is 6.85. The standard InChI is InChI=1S/C48H31NO/c1-2-11-32(12-3-1)33-21-26-37(27-22-33)49(46-20-10-19-43-44-30-25-34-13-4-7-16-40(34)47(44)50-48(43)46)38-28-23-35(24-29-38)45-31-36-14-5-6-15-39(36)41-17-8-9-18-42(41)45/h1-31H. The van der Waals surface area contributed by atoms with Crippen LogP contribution in [0.1, 0.15) is 0 Å². The van der Waals surface area contributed by atoms with Gasteiger partial charge in [0.2, 0.25) is 0 Å². The fourth-order valence-electron chi connectivity index (χ4n) is 7.63. The van der Waals surface area contributed by atoms with Crippen molar-refractivity contribution in [3.8, 4) is 22.3 Å². The third-order valence-electron chi connectivity index (χ3n) is 10.0. The molecule has 0 radical (unpaired) electrons. The van der Waals surface area contributed by atoms with Gasteiger partial charge < -0.3 is 9.32 Å². The first-order valence-corrected chi connectivity index (χ1v) is 17.1. The Balaban J connectivity index is 1.16. The minimum absolute atomic E-state index is 0.871. The smallest absolute Gasteiger partial charge is 0.159 e. The van der Waals surface area contributed by atoms with Crippen LogP contribution in [0.5, 0.6) is 0 Å². The second kappa shape index (κ2) is 11.5. The van der Waals surface area contributed by atoms with E-state index in [2.05, 4.69) is 193 Å². The van der Waals surface area contributed by atoms with Crippen molar-refractivity contribution in [3.05, 3.63) is 188 Å². The van der Waals surface area contributed by atoms with Crippen molar-refractivity contribution in [2.75, 3.05) is 4.90 Å². The summed E-state index contributed by atoms with van der Waals surface area (Å²) >= 11 is 0. The minimum atomic E-state index is 0.871. The Bertz CT molecular complexity index is 2850. The zero-order valence-corrected chi connectivity index (χ0v) is 27.3. The molecule has 0 amide bonds. The van der Waals surface area contributed by atoms with E-state index in [9.17, 15) is 0 Å². The number of furan rings is 1. The van der Waals surface area contributed by atoms with Crippen molar-refractivity contribution in [3.63, 3.8) is 0 Å². The summed E-state index contributed by atoms with van der Waals surface area (Å²) in [5, 5.41) is 9.57. The Labute approximate surface area is 290 Å². The highest BCUT2D eigenvalue weighted by Gasteiger charge is 2.20. The molecule has 0 saturated carbocycles. The summed E-state index contributed by atoms with van der Waals surface area (Å²) in [6, 6.07) is 67.4. The molecule has 0 aliphatic rings. The van der Waals surface area contributed by atoms with Crippen LogP contribution in [0.25, 0.3) is 76.5 Å². The van der Waals surface area contributed by atoms with Crippen LogP contribution in [0, 0.1) is 0 Å². The highest BCUT2D eigenvalue weighted by atomic mass is 16.3. The predicted octanol–water partition coefficient (Wildman–Crippen LogP) is 13.8. The number of fused-ring (bicyclic) bond motifs is 8. The van der Waals surface area contributed by atoms with Gasteiger partial charge in [-0.05, 0) is 91.6 Å². The monoisotopic (exact) mass is 637 g/mol. The summed E-state index contributed by atoms with van der Waals surface area (Å²) in [7, 11) is 0. The van der Waals surface area contributed by atoms with Crippen LogP contribution >= 0.6 is 0 Å². The van der Waals surface area contributed by atoms with Crippen molar-refractivity contribution in [1.82, 2.24) is 0 Å². The Morgan fingerprint density at radius 3 is 1.64 bits per heavy atom. The van der Waals surface area contributed by atoms with E-state index >= 15 is 0 Å². The van der Waals surface area contributed by atoms with Gasteiger partial charge in [0.05, 0.1) is 5.69 Å². The number of anilines is 3. The van der Waals surface area contributed by atoms with Gasteiger partial charge >= 0.3 is 0 Å². The van der Waals surface area contributed by atoms with Gasteiger partial charge in [0, 0.05) is 27.5 Å². The normalized spacial score (nSPS) is 11.6. The van der Waals surface area contributed by atoms with E-state index < -0.39 is 0 Å². The molecular formula is C48H31NO. The molecule has 0 aliphatic carbocycles. The van der Waals surface area contributed by atoms with E-state index in [1.165, 1.54) is 49.2 Å². The van der Waals surface area contributed by atoms with Crippen LogP contribution in [0.3, 0.4) is 0 Å². The highest BCUT2D eigenvalue weighted by Crippen LogP contribution is 2.44. The van der Waals surface area contributed by atoms with Crippen molar-refractivity contribution in [2.24, 2.45) is 0 Å². The molecule has 10 rings (SSSR count). The summed E-state index contributed by atoms with van der Waals surface area (Å²) in [5.74, 6) is 0. The van der Waals surface area contributed by atoms with Crippen LogP contribution in [-0.4, -0.2) is 0 Å². The third kappa shape index (κ3) is 4.57. The molecule has 0 N–H and O–H groups in total. The van der Waals surface area contributed by atoms with Crippen molar-refractivity contribution >= 4 is 71.3 Å². The topological polar surface area (TPSA) is 16.4 Å². The molecule has 0 atom stereocenters. The lowest BCUT2D eigenvalue weighted by atomic mass is 9.93. The van der Waals surface area contributed by atoms with Gasteiger partial charge in [-0.15, -0.1) is 0 Å².